The Morgan fingerprint density at radius 2 is 1.64 bits per heavy atom. The van der Waals surface area contributed by atoms with E-state index in [1.165, 1.54) is 12.1 Å². The summed E-state index contributed by atoms with van der Waals surface area (Å²) in [7, 11) is -0.927. The van der Waals surface area contributed by atoms with Gasteiger partial charge in [0.25, 0.3) is 6.48 Å². The number of hydrogen-bond donors (Lipinski definition) is 0. The molecule has 22 heavy (non-hydrogen) atoms. The lowest BCUT2D eigenvalue weighted by Gasteiger charge is -2.17. The second-order valence-electron chi connectivity index (χ2n) is 4.72. The lowest BCUT2D eigenvalue weighted by atomic mass is 10.1. The van der Waals surface area contributed by atoms with Crippen molar-refractivity contribution < 1.29 is 18.3 Å². The van der Waals surface area contributed by atoms with Crippen LogP contribution in [0.1, 0.15) is 13.8 Å². The van der Waals surface area contributed by atoms with Crippen LogP contribution in [0.3, 0.4) is 0 Å². The Labute approximate surface area is 133 Å². The first kappa shape index (κ1) is 16.8. The molecule has 0 saturated heterocycles. The standard InChI is InChI=1S/C17H21FO3Si/c1-3-19-17(20-4-2)21-22-16-10-8-13(9-11-16)14-6-5-7-15(18)12-14/h5-12,17H,3-4,22H2,1-2H3. The normalized spacial score (nSPS) is 11.6. The molecule has 0 spiro atoms. The fraction of sp³-hybridized carbons (Fsp3) is 0.294. The molecule has 2 aromatic rings. The van der Waals surface area contributed by atoms with Crippen molar-refractivity contribution in [2.75, 3.05) is 13.2 Å². The first-order chi connectivity index (χ1) is 10.7. The van der Waals surface area contributed by atoms with E-state index >= 15 is 0 Å². The first-order valence-electron chi connectivity index (χ1n) is 7.42. The van der Waals surface area contributed by atoms with Crippen LogP contribution < -0.4 is 5.19 Å². The van der Waals surface area contributed by atoms with Crippen LogP contribution in [0.15, 0.2) is 48.5 Å². The van der Waals surface area contributed by atoms with Crippen molar-refractivity contribution >= 4 is 14.9 Å². The molecule has 0 bridgehead atoms. The third-order valence-electron chi connectivity index (χ3n) is 3.10. The summed E-state index contributed by atoms with van der Waals surface area (Å²) in [5.74, 6) is -0.226. The fourth-order valence-electron chi connectivity index (χ4n) is 2.04. The summed E-state index contributed by atoms with van der Waals surface area (Å²) in [4.78, 5) is 0. The topological polar surface area (TPSA) is 27.7 Å². The van der Waals surface area contributed by atoms with Gasteiger partial charge in [-0.3, -0.25) is 0 Å². The number of halogens is 1. The highest BCUT2D eigenvalue weighted by molar-refractivity contribution is 6.46. The second kappa shape index (κ2) is 8.80. The zero-order chi connectivity index (χ0) is 15.8. The molecular formula is C17H21FO3Si. The SMILES string of the molecule is CCOC(OCC)O[SiH2]c1ccc(-c2cccc(F)c2)cc1. The van der Waals surface area contributed by atoms with Gasteiger partial charge in [0.2, 0.25) is 0 Å². The van der Waals surface area contributed by atoms with Crippen molar-refractivity contribution in [3.05, 3.63) is 54.3 Å². The smallest absolute Gasteiger partial charge is 0.261 e. The molecule has 0 aromatic heterocycles. The Kier molecular flexibility index (Phi) is 6.73. The van der Waals surface area contributed by atoms with Crippen LogP contribution >= 0.6 is 0 Å². The molecule has 5 heteroatoms. The summed E-state index contributed by atoms with van der Waals surface area (Å²) in [6, 6.07) is 14.6. The summed E-state index contributed by atoms with van der Waals surface area (Å²) in [5.41, 5.74) is 1.86. The van der Waals surface area contributed by atoms with Gasteiger partial charge in [-0.15, -0.1) is 0 Å². The van der Waals surface area contributed by atoms with E-state index in [4.69, 9.17) is 13.9 Å². The van der Waals surface area contributed by atoms with Gasteiger partial charge < -0.3 is 13.9 Å². The Bertz CT molecular complexity index is 568. The molecule has 3 nitrogen and oxygen atoms in total. The van der Waals surface area contributed by atoms with Crippen LogP contribution in [-0.2, 0) is 13.9 Å². The summed E-state index contributed by atoms with van der Waals surface area (Å²) in [6.45, 7) is 4.34. The lowest BCUT2D eigenvalue weighted by molar-refractivity contribution is -0.242. The quantitative estimate of drug-likeness (QED) is 0.553. The van der Waals surface area contributed by atoms with Gasteiger partial charge in [0.1, 0.15) is 5.82 Å². The minimum Gasteiger partial charge on any atom is -0.373 e. The summed E-state index contributed by atoms with van der Waals surface area (Å²) in [6.07, 6.45) is 0. The van der Waals surface area contributed by atoms with E-state index in [9.17, 15) is 4.39 Å². The van der Waals surface area contributed by atoms with E-state index in [0.29, 0.717) is 13.2 Å². The van der Waals surface area contributed by atoms with Crippen LogP contribution in [0.5, 0.6) is 0 Å². The maximum atomic E-state index is 13.2. The number of benzene rings is 2. The molecule has 0 aliphatic carbocycles. The first-order valence-corrected chi connectivity index (χ1v) is 8.71. The van der Waals surface area contributed by atoms with Gasteiger partial charge in [0.15, 0.2) is 9.76 Å². The van der Waals surface area contributed by atoms with Crippen molar-refractivity contribution in [1.82, 2.24) is 0 Å². The fourth-order valence-corrected chi connectivity index (χ4v) is 2.99. The molecular weight excluding hydrogens is 299 g/mol. The Morgan fingerprint density at radius 1 is 0.955 bits per heavy atom. The molecule has 0 aliphatic heterocycles. The maximum Gasteiger partial charge on any atom is 0.261 e. The molecule has 118 valence electrons. The van der Waals surface area contributed by atoms with E-state index in [-0.39, 0.29) is 5.82 Å². The molecule has 0 saturated carbocycles. The molecule has 2 rings (SSSR count). The van der Waals surface area contributed by atoms with Crippen molar-refractivity contribution in [1.29, 1.82) is 0 Å². The Balaban J connectivity index is 1.97. The van der Waals surface area contributed by atoms with Crippen LogP contribution in [0.2, 0.25) is 0 Å². The van der Waals surface area contributed by atoms with Gasteiger partial charge in [0.05, 0.1) is 0 Å². The molecule has 2 aromatic carbocycles. The predicted molar refractivity (Wildman–Crippen MR) is 88.1 cm³/mol. The number of hydrogen-bond acceptors (Lipinski definition) is 3. The third kappa shape index (κ3) is 5.03. The lowest BCUT2D eigenvalue weighted by Crippen LogP contribution is -2.28. The van der Waals surface area contributed by atoms with Crippen LogP contribution in [0.4, 0.5) is 4.39 Å². The maximum absolute atomic E-state index is 13.2. The van der Waals surface area contributed by atoms with Gasteiger partial charge in [-0.05, 0) is 42.3 Å². The van der Waals surface area contributed by atoms with Gasteiger partial charge in [-0.25, -0.2) is 4.39 Å². The van der Waals surface area contributed by atoms with E-state index in [1.807, 2.05) is 44.2 Å². The van der Waals surface area contributed by atoms with Gasteiger partial charge in [0, 0.05) is 13.2 Å². The Morgan fingerprint density at radius 3 is 2.23 bits per heavy atom. The van der Waals surface area contributed by atoms with E-state index < -0.39 is 16.2 Å². The minimum absolute atomic E-state index is 0.226. The highest BCUT2D eigenvalue weighted by Crippen LogP contribution is 2.18. The van der Waals surface area contributed by atoms with E-state index in [1.54, 1.807) is 6.07 Å². The number of rotatable bonds is 8. The summed E-state index contributed by atoms with van der Waals surface area (Å²) in [5, 5.41) is 1.14. The largest absolute Gasteiger partial charge is 0.373 e. The average Bonchev–Trinajstić information content (AvgIpc) is 2.53. The van der Waals surface area contributed by atoms with Gasteiger partial charge in [-0.2, -0.15) is 0 Å². The Hall–Kier alpha value is -1.53. The summed E-state index contributed by atoms with van der Waals surface area (Å²) >= 11 is 0. The van der Waals surface area contributed by atoms with Crippen molar-refractivity contribution in [2.24, 2.45) is 0 Å². The average molecular weight is 320 g/mol. The zero-order valence-corrected chi connectivity index (χ0v) is 14.3. The van der Waals surface area contributed by atoms with Crippen LogP contribution in [-0.4, -0.2) is 29.5 Å². The molecule has 0 atom stereocenters. The van der Waals surface area contributed by atoms with E-state index in [0.717, 1.165) is 16.3 Å². The van der Waals surface area contributed by atoms with Crippen molar-refractivity contribution in [2.45, 2.75) is 20.3 Å². The van der Waals surface area contributed by atoms with Crippen LogP contribution in [0.25, 0.3) is 11.1 Å². The highest BCUT2D eigenvalue weighted by atomic mass is 28.2. The minimum atomic E-state index is -0.927. The molecule has 0 unspecified atom stereocenters. The molecule has 0 heterocycles. The van der Waals surface area contributed by atoms with Crippen LogP contribution in [0, 0.1) is 5.82 Å². The highest BCUT2D eigenvalue weighted by Gasteiger charge is 2.08. The van der Waals surface area contributed by atoms with E-state index in [2.05, 4.69) is 0 Å². The molecule has 0 aliphatic rings. The molecule has 0 amide bonds. The third-order valence-corrected chi connectivity index (χ3v) is 4.35. The van der Waals surface area contributed by atoms with Crippen molar-refractivity contribution in [3.63, 3.8) is 0 Å². The van der Waals surface area contributed by atoms with Crippen molar-refractivity contribution in [3.8, 4) is 11.1 Å². The molecule has 0 N–H and O–H groups in total. The summed E-state index contributed by atoms with van der Waals surface area (Å²) < 4.78 is 29.7. The zero-order valence-electron chi connectivity index (χ0n) is 12.9. The van der Waals surface area contributed by atoms with Gasteiger partial charge in [-0.1, -0.05) is 36.4 Å². The van der Waals surface area contributed by atoms with Gasteiger partial charge >= 0.3 is 0 Å². The molecule has 0 radical (unpaired) electrons. The number of ether oxygens (including phenoxy) is 2. The monoisotopic (exact) mass is 320 g/mol. The predicted octanol–water partition coefficient (Wildman–Crippen LogP) is 2.58. The second-order valence-corrected chi connectivity index (χ2v) is 6.16. The molecule has 0 fully saturated rings.